The summed E-state index contributed by atoms with van der Waals surface area (Å²) in [4.78, 5) is 23.6. The van der Waals surface area contributed by atoms with Crippen LogP contribution in [0.3, 0.4) is 0 Å². The molecule has 3 nitrogen and oxygen atoms in total. The normalized spacial score (nSPS) is 23.5. The molecular weight excluding hydrogens is 239 g/mol. The van der Waals surface area contributed by atoms with Gasteiger partial charge in [-0.2, -0.15) is 0 Å². The summed E-state index contributed by atoms with van der Waals surface area (Å²) < 4.78 is 0. The van der Waals surface area contributed by atoms with Crippen molar-refractivity contribution in [3.63, 3.8) is 0 Å². The lowest BCUT2D eigenvalue weighted by Gasteiger charge is -2.24. The van der Waals surface area contributed by atoms with Crippen LogP contribution in [-0.2, 0) is 9.59 Å². The number of hydrogen-bond donors (Lipinski definition) is 1. The zero-order valence-corrected chi connectivity index (χ0v) is 11.4. The second kappa shape index (κ2) is 6.93. The highest BCUT2D eigenvalue weighted by atomic mass is 16.4. The molecule has 1 aliphatic carbocycles. The summed E-state index contributed by atoms with van der Waals surface area (Å²) in [5, 5.41) is 9.19. The van der Waals surface area contributed by atoms with E-state index in [9.17, 15) is 14.7 Å². The van der Waals surface area contributed by atoms with Crippen molar-refractivity contribution in [1.82, 2.24) is 0 Å². The van der Waals surface area contributed by atoms with Crippen molar-refractivity contribution in [1.29, 1.82) is 0 Å². The molecule has 0 aromatic carbocycles. The molecular formula is C15H19BO3. The van der Waals surface area contributed by atoms with Gasteiger partial charge in [-0.25, -0.2) is 0 Å². The van der Waals surface area contributed by atoms with Crippen LogP contribution in [0, 0.1) is 11.8 Å². The highest BCUT2D eigenvalue weighted by Crippen LogP contribution is 2.29. The Bertz CT molecular complexity index is 472. The molecule has 2 atom stereocenters. The minimum Gasteiger partial charge on any atom is -0.481 e. The minimum absolute atomic E-state index is 0.100. The summed E-state index contributed by atoms with van der Waals surface area (Å²) in [5.41, 5.74) is 1.40. The van der Waals surface area contributed by atoms with E-state index >= 15 is 0 Å². The summed E-state index contributed by atoms with van der Waals surface area (Å²) in [6.45, 7) is 5.53. The maximum atomic E-state index is 12.4. The van der Waals surface area contributed by atoms with E-state index in [1.165, 1.54) is 0 Å². The van der Waals surface area contributed by atoms with Crippen LogP contribution >= 0.6 is 0 Å². The van der Waals surface area contributed by atoms with Crippen molar-refractivity contribution in [3.05, 3.63) is 48.0 Å². The fraction of sp³-hybridized carbons (Fsp3) is 0.333. The van der Waals surface area contributed by atoms with E-state index in [1.54, 1.807) is 25.2 Å². The Balaban J connectivity index is 2.93. The first-order chi connectivity index (χ1) is 8.97. The number of carbonyl (C=O) groups is 2. The van der Waals surface area contributed by atoms with Crippen molar-refractivity contribution in [2.45, 2.75) is 19.8 Å². The molecule has 0 unspecified atom stereocenters. The Morgan fingerprint density at radius 3 is 2.32 bits per heavy atom. The number of ketones is 1. The van der Waals surface area contributed by atoms with Crippen molar-refractivity contribution < 1.29 is 14.7 Å². The van der Waals surface area contributed by atoms with Crippen molar-refractivity contribution in [2.24, 2.45) is 11.8 Å². The third kappa shape index (κ3) is 4.09. The molecule has 0 aromatic rings. The quantitative estimate of drug-likeness (QED) is 0.354. The molecule has 0 bridgehead atoms. The monoisotopic (exact) mass is 258 g/mol. The third-order valence-electron chi connectivity index (χ3n) is 3.23. The fourth-order valence-electron chi connectivity index (χ4n) is 2.14. The molecule has 1 rings (SSSR count). The summed E-state index contributed by atoms with van der Waals surface area (Å²) in [5.74, 6) is -2.09. The Labute approximate surface area is 114 Å². The van der Waals surface area contributed by atoms with Crippen molar-refractivity contribution in [2.75, 3.05) is 0 Å². The Morgan fingerprint density at radius 1 is 1.26 bits per heavy atom. The molecule has 0 radical (unpaired) electrons. The van der Waals surface area contributed by atoms with E-state index in [4.69, 9.17) is 0 Å². The molecule has 100 valence electrons. The summed E-state index contributed by atoms with van der Waals surface area (Å²) in [7, 11) is 1.84. The lowest BCUT2D eigenvalue weighted by atomic mass is 9.78. The van der Waals surface area contributed by atoms with Crippen LogP contribution in [0.2, 0.25) is 0 Å². The van der Waals surface area contributed by atoms with Crippen LogP contribution in [0.25, 0.3) is 0 Å². The Morgan fingerprint density at radius 2 is 1.84 bits per heavy atom. The SMILES string of the molecule is BC(=C)/C=C\C(=C/C)C(=O)[C@@H]1CC=CC[C@H]1C(=O)O. The molecule has 0 heterocycles. The van der Waals surface area contributed by atoms with Crippen molar-refractivity contribution in [3.8, 4) is 0 Å². The fourth-order valence-corrected chi connectivity index (χ4v) is 2.14. The number of allylic oxidation sites excluding steroid dienone is 7. The maximum Gasteiger partial charge on any atom is 0.307 e. The van der Waals surface area contributed by atoms with E-state index < -0.39 is 17.8 Å². The van der Waals surface area contributed by atoms with Gasteiger partial charge >= 0.3 is 5.97 Å². The lowest BCUT2D eigenvalue weighted by Crippen LogP contribution is -2.31. The van der Waals surface area contributed by atoms with E-state index in [-0.39, 0.29) is 5.78 Å². The van der Waals surface area contributed by atoms with Crippen LogP contribution in [0.15, 0.2) is 48.0 Å². The number of rotatable bonds is 5. The number of Topliss-reactive ketones (excluding diaryl/α,β-unsaturated/α-hetero) is 1. The van der Waals surface area contributed by atoms with Gasteiger partial charge in [-0.15, -0.1) is 6.58 Å². The highest BCUT2D eigenvalue weighted by Gasteiger charge is 2.34. The smallest absolute Gasteiger partial charge is 0.307 e. The second-order valence-electron chi connectivity index (χ2n) is 4.78. The van der Waals surface area contributed by atoms with Crippen LogP contribution in [0.5, 0.6) is 0 Å². The maximum absolute atomic E-state index is 12.4. The molecule has 19 heavy (non-hydrogen) atoms. The number of carboxylic acid groups (broad SMARTS) is 1. The van der Waals surface area contributed by atoms with Gasteiger partial charge < -0.3 is 5.11 Å². The molecule has 0 spiro atoms. The van der Waals surface area contributed by atoms with Gasteiger partial charge in [0, 0.05) is 11.5 Å². The van der Waals surface area contributed by atoms with Gasteiger partial charge in [0.15, 0.2) is 5.78 Å². The van der Waals surface area contributed by atoms with Gasteiger partial charge in [0.2, 0.25) is 0 Å². The van der Waals surface area contributed by atoms with Crippen molar-refractivity contribution >= 4 is 19.6 Å². The summed E-state index contributed by atoms with van der Waals surface area (Å²) in [6.07, 6.45) is 9.84. The van der Waals surface area contributed by atoms with Gasteiger partial charge in [-0.05, 0) is 19.8 Å². The van der Waals surface area contributed by atoms with E-state index in [2.05, 4.69) is 6.58 Å². The summed E-state index contributed by atoms with van der Waals surface area (Å²) >= 11 is 0. The van der Waals surface area contributed by atoms with E-state index in [0.717, 1.165) is 5.47 Å². The number of aliphatic carboxylic acids is 1. The van der Waals surface area contributed by atoms with Gasteiger partial charge in [-0.1, -0.05) is 35.9 Å². The molecule has 0 amide bonds. The molecule has 4 heteroatoms. The Kier molecular flexibility index (Phi) is 5.55. The predicted octanol–water partition coefficient (Wildman–Crippen LogP) is 1.87. The highest BCUT2D eigenvalue weighted by molar-refractivity contribution is 6.23. The molecule has 1 N–H and O–H groups in total. The molecule has 0 saturated heterocycles. The summed E-state index contributed by atoms with van der Waals surface area (Å²) in [6, 6.07) is 0. The third-order valence-corrected chi connectivity index (χ3v) is 3.23. The Hall–Kier alpha value is -1.84. The lowest BCUT2D eigenvalue weighted by molar-refractivity contribution is -0.146. The van der Waals surface area contributed by atoms with E-state index in [0.29, 0.717) is 18.4 Å². The first-order valence-electron chi connectivity index (χ1n) is 6.39. The predicted molar refractivity (Wildman–Crippen MR) is 78.6 cm³/mol. The minimum atomic E-state index is -0.901. The number of carbonyl (C=O) groups excluding carboxylic acids is 1. The largest absolute Gasteiger partial charge is 0.481 e. The molecule has 1 aliphatic rings. The molecule has 0 aliphatic heterocycles. The molecule has 0 saturated carbocycles. The van der Waals surface area contributed by atoms with Gasteiger partial charge in [0.1, 0.15) is 7.85 Å². The van der Waals surface area contributed by atoms with Crippen LogP contribution in [-0.4, -0.2) is 24.7 Å². The standard InChI is InChI=1S/C15H19BO3/c1-3-11(9-8-10(2)16)14(17)12-6-4-5-7-13(12)15(18)19/h3-5,8-9,12-13H,2,6-7,16H2,1H3,(H,18,19)/b9-8-,11-3+/t12-,13-/m1/s1. The number of hydrogen-bond acceptors (Lipinski definition) is 2. The van der Waals surface area contributed by atoms with Crippen LogP contribution < -0.4 is 0 Å². The second-order valence-corrected chi connectivity index (χ2v) is 4.78. The number of carboxylic acids is 1. The average molecular weight is 258 g/mol. The average Bonchev–Trinajstić information content (AvgIpc) is 2.38. The van der Waals surface area contributed by atoms with Crippen LogP contribution in [0.4, 0.5) is 0 Å². The van der Waals surface area contributed by atoms with Gasteiger partial charge in [0.05, 0.1) is 5.92 Å². The first kappa shape index (κ1) is 15.2. The first-order valence-corrected chi connectivity index (χ1v) is 6.39. The topological polar surface area (TPSA) is 54.4 Å². The van der Waals surface area contributed by atoms with Crippen LogP contribution in [0.1, 0.15) is 19.8 Å². The van der Waals surface area contributed by atoms with Gasteiger partial charge in [0.25, 0.3) is 0 Å². The molecule has 0 aromatic heterocycles. The van der Waals surface area contributed by atoms with Gasteiger partial charge in [-0.3, -0.25) is 9.59 Å². The van der Waals surface area contributed by atoms with E-state index in [1.807, 2.05) is 20.0 Å². The zero-order chi connectivity index (χ0) is 14.4. The zero-order valence-electron chi connectivity index (χ0n) is 11.4. The molecule has 0 fully saturated rings.